The average Bonchev–Trinajstić information content (AvgIpc) is 3.00. The maximum absolute atomic E-state index is 11.4. The standard InChI is InChI=1S/C34H36N2O6/c37-33(38)29-11-5-7-13-31(29)35-25-15-19-27(20-16-25)41-23-9-3-1-2-4-10-24-42-28-21-17-26(18-22-28)36-32-14-8-6-12-30(32)34(39)40/h5-8,11-22,35-36H,1-4,9-10,23-24H2,(H,37,38)(H,39,40). The molecule has 0 amide bonds. The number of rotatable bonds is 17. The summed E-state index contributed by atoms with van der Waals surface area (Å²) in [5.41, 5.74) is 3.16. The Morgan fingerprint density at radius 3 is 1.24 bits per heavy atom. The Morgan fingerprint density at radius 1 is 0.500 bits per heavy atom. The summed E-state index contributed by atoms with van der Waals surface area (Å²) >= 11 is 0. The molecule has 4 rings (SSSR count). The fraction of sp³-hybridized carbons (Fsp3) is 0.235. The van der Waals surface area contributed by atoms with Crippen LogP contribution in [-0.2, 0) is 0 Å². The van der Waals surface area contributed by atoms with E-state index in [1.54, 1.807) is 48.5 Å². The summed E-state index contributed by atoms with van der Waals surface area (Å²) in [6.45, 7) is 1.31. The molecule has 42 heavy (non-hydrogen) atoms. The summed E-state index contributed by atoms with van der Waals surface area (Å²) < 4.78 is 11.7. The highest BCUT2D eigenvalue weighted by Crippen LogP contribution is 2.24. The van der Waals surface area contributed by atoms with E-state index in [-0.39, 0.29) is 11.1 Å². The molecular weight excluding hydrogens is 532 g/mol. The molecule has 0 radical (unpaired) electrons. The SMILES string of the molecule is O=C(O)c1ccccc1Nc1ccc(OCCCCCCCCOc2ccc(Nc3ccccc3C(=O)O)cc2)cc1. The first-order chi connectivity index (χ1) is 20.5. The van der Waals surface area contributed by atoms with Gasteiger partial charge in [0, 0.05) is 11.4 Å². The van der Waals surface area contributed by atoms with E-state index in [0.717, 1.165) is 61.4 Å². The molecule has 0 aromatic heterocycles. The van der Waals surface area contributed by atoms with Gasteiger partial charge in [-0.3, -0.25) is 0 Å². The molecule has 4 N–H and O–H groups in total. The number of carbonyl (C=O) groups is 2. The molecule has 0 spiro atoms. The Hall–Kier alpha value is -4.98. The third-order valence-corrected chi connectivity index (χ3v) is 6.66. The highest BCUT2D eigenvalue weighted by Gasteiger charge is 2.10. The predicted octanol–water partition coefficient (Wildman–Crippen LogP) is 8.37. The summed E-state index contributed by atoms with van der Waals surface area (Å²) in [4.78, 5) is 22.7. The maximum Gasteiger partial charge on any atom is 0.337 e. The summed E-state index contributed by atoms with van der Waals surface area (Å²) in [5.74, 6) is -0.353. The highest BCUT2D eigenvalue weighted by molar-refractivity contribution is 5.95. The van der Waals surface area contributed by atoms with Crippen LogP contribution < -0.4 is 20.1 Å². The summed E-state index contributed by atoms with van der Waals surface area (Å²) in [6, 6.07) is 28.7. The van der Waals surface area contributed by atoms with Gasteiger partial charge in [-0.15, -0.1) is 0 Å². The van der Waals surface area contributed by atoms with Crippen LogP contribution in [-0.4, -0.2) is 35.4 Å². The number of unbranched alkanes of at least 4 members (excludes halogenated alkanes) is 5. The van der Waals surface area contributed by atoms with E-state index in [0.29, 0.717) is 24.6 Å². The number of nitrogens with one attached hydrogen (secondary N) is 2. The molecule has 8 nitrogen and oxygen atoms in total. The van der Waals surface area contributed by atoms with Crippen molar-refractivity contribution in [2.75, 3.05) is 23.8 Å². The molecule has 218 valence electrons. The molecule has 4 aromatic carbocycles. The van der Waals surface area contributed by atoms with Crippen molar-refractivity contribution in [1.29, 1.82) is 0 Å². The van der Waals surface area contributed by atoms with Crippen molar-refractivity contribution in [2.24, 2.45) is 0 Å². The van der Waals surface area contributed by atoms with Crippen LogP contribution in [0.2, 0.25) is 0 Å². The second kappa shape index (κ2) is 15.7. The summed E-state index contributed by atoms with van der Waals surface area (Å²) in [5, 5.41) is 24.9. The molecule has 0 unspecified atom stereocenters. The number of anilines is 4. The number of carboxylic acids is 2. The molecule has 0 aliphatic carbocycles. The quantitative estimate of drug-likeness (QED) is 0.0939. The van der Waals surface area contributed by atoms with Gasteiger partial charge in [-0.2, -0.15) is 0 Å². The first-order valence-corrected chi connectivity index (χ1v) is 14.1. The Kier molecular flexibility index (Phi) is 11.2. The fourth-order valence-electron chi connectivity index (χ4n) is 4.43. The molecule has 0 heterocycles. The lowest BCUT2D eigenvalue weighted by Gasteiger charge is -2.11. The molecule has 0 atom stereocenters. The number of benzene rings is 4. The van der Waals surface area contributed by atoms with Crippen LogP contribution in [0.1, 0.15) is 59.2 Å². The van der Waals surface area contributed by atoms with E-state index in [4.69, 9.17) is 9.47 Å². The Labute approximate surface area is 245 Å². The first-order valence-electron chi connectivity index (χ1n) is 14.1. The summed E-state index contributed by atoms with van der Waals surface area (Å²) in [6.07, 6.45) is 6.47. The van der Waals surface area contributed by atoms with Crippen molar-refractivity contribution in [3.05, 3.63) is 108 Å². The lowest BCUT2D eigenvalue weighted by molar-refractivity contribution is 0.0687. The van der Waals surface area contributed by atoms with Gasteiger partial charge in [0.05, 0.1) is 35.7 Å². The minimum absolute atomic E-state index is 0.229. The Balaban J connectivity index is 1.04. The van der Waals surface area contributed by atoms with Crippen LogP contribution in [0, 0.1) is 0 Å². The Morgan fingerprint density at radius 2 is 0.857 bits per heavy atom. The van der Waals surface area contributed by atoms with Crippen LogP contribution in [0.25, 0.3) is 0 Å². The van der Waals surface area contributed by atoms with E-state index < -0.39 is 11.9 Å². The van der Waals surface area contributed by atoms with Crippen LogP contribution in [0.15, 0.2) is 97.1 Å². The lowest BCUT2D eigenvalue weighted by atomic mass is 10.1. The van der Waals surface area contributed by atoms with E-state index in [9.17, 15) is 19.8 Å². The van der Waals surface area contributed by atoms with Gasteiger partial charge in [0.2, 0.25) is 0 Å². The van der Waals surface area contributed by atoms with Gasteiger partial charge in [0.1, 0.15) is 11.5 Å². The van der Waals surface area contributed by atoms with Crippen molar-refractivity contribution in [3.63, 3.8) is 0 Å². The Bertz CT molecular complexity index is 1330. The monoisotopic (exact) mass is 568 g/mol. The third-order valence-electron chi connectivity index (χ3n) is 6.66. The maximum atomic E-state index is 11.4. The van der Waals surface area contributed by atoms with Crippen molar-refractivity contribution in [1.82, 2.24) is 0 Å². The molecule has 0 fully saturated rings. The first kappa shape index (κ1) is 30.0. The minimum Gasteiger partial charge on any atom is -0.494 e. The van der Waals surface area contributed by atoms with Crippen LogP contribution >= 0.6 is 0 Å². The predicted molar refractivity (Wildman–Crippen MR) is 165 cm³/mol. The fourth-order valence-corrected chi connectivity index (χ4v) is 4.43. The van der Waals surface area contributed by atoms with Crippen LogP contribution in [0.3, 0.4) is 0 Å². The zero-order valence-electron chi connectivity index (χ0n) is 23.4. The third kappa shape index (κ3) is 9.30. The van der Waals surface area contributed by atoms with Gasteiger partial charge in [-0.05, 0) is 85.6 Å². The molecule has 8 heteroatoms. The van der Waals surface area contributed by atoms with Crippen molar-refractivity contribution in [3.8, 4) is 11.5 Å². The van der Waals surface area contributed by atoms with Gasteiger partial charge in [0.15, 0.2) is 0 Å². The minimum atomic E-state index is -0.967. The second-order valence-electron chi connectivity index (χ2n) is 9.82. The van der Waals surface area contributed by atoms with Gasteiger partial charge in [-0.25, -0.2) is 9.59 Å². The van der Waals surface area contributed by atoms with Crippen molar-refractivity contribution >= 4 is 34.7 Å². The number of hydrogen-bond donors (Lipinski definition) is 4. The van der Waals surface area contributed by atoms with Crippen molar-refractivity contribution < 1.29 is 29.3 Å². The normalized spacial score (nSPS) is 10.6. The number of carboxylic acid groups (broad SMARTS) is 2. The zero-order valence-corrected chi connectivity index (χ0v) is 23.4. The largest absolute Gasteiger partial charge is 0.494 e. The van der Waals surface area contributed by atoms with Gasteiger partial charge in [0.25, 0.3) is 0 Å². The highest BCUT2D eigenvalue weighted by atomic mass is 16.5. The number of hydrogen-bond acceptors (Lipinski definition) is 6. The van der Waals surface area contributed by atoms with E-state index >= 15 is 0 Å². The molecule has 0 aliphatic heterocycles. The van der Waals surface area contributed by atoms with Gasteiger partial charge >= 0.3 is 11.9 Å². The zero-order chi connectivity index (χ0) is 29.6. The second-order valence-corrected chi connectivity index (χ2v) is 9.82. The molecule has 0 bridgehead atoms. The molecule has 0 saturated carbocycles. The van der Waals surface area contributed by atoms with E-state index in [1.165, 1.54) is 0 Å². The molecular formula is C34H36N2O6. The number of aromatic carboxylic acids is 2. The molecule has 4 aromatic rings. The van der Waals surface area contributed by atoms with Crippen LogP contribution in [0.5, 0.6) is 11.5 Å². The average molecular weight is 569 g/mol. The topological polar surface area (TPSA) is 117 Å². The van der Waals surface area contributed by atoms with Gasteiger partial charge in [-0.1, -0.05) is 49.9 Å². The smallest absolute Gasteiger partial charge is 0.337 e. The van der Waals surface area contributed by atoms with Gasteiger partial charge < -0.3 is 30.3 Å². The number of ether oxygens (including phenoxy) is 2. The molecule has 0 saturated heterocycles. The van der Waals surface area contributed by atoms with E-state index in [1.807, 2.05) is 48.5 Å². The van der Waals surface area contributed by atoms with Crippen LogP contribution in [0.4, 0.5) is 22.7 Å². The summed E-state index contributed by atoms with van der Waals surface area (Å²) in [7, 11) is 0. The van der Waals surface area contributed by atoms with E-state index in [2.05, 4.69) is 10.6 Å². The number of para-hydroxylation sites is 2. The molecule has 0 aliphatic rings. The van der Waals surface area contributed by atoms with Crippen molar-refractivity contribution in [2.45, 2.75) is 38.5 Å². The lowest BCUT2D eigenvalue weighted by Crippen LogP contribution is -2.02.